The molecule has 1 saturated heterocycles. The molecule has 0 radical (unpaired) electrons. The molecule has 1 saturated carbocycles. The summed E-state index contributed by atoms with van der Waals surface area (Å²) in [5.41, 5.74) is 0.137. The van der Waals surface area contributed by atoms with E-state index in [0.717, 1.165) is 12.3 Å². The van der Waals surface area contributed by atoms with E-state index in [0.29, 0.717) is 12.0 Å². The number of ether oxygens (including phenoxy) is 2. The smallest absolute Gasteiger partial charge is 0.158 e. The van der Waals surface area contributed by atoms with Crippen LogP contribution >= 0.6 is 0 Å². The lowest BCUT2D eigenvalue weighted by atomic mass is 10.0. The molecule has 1 aliphatic carbocycles. The van der Waals surface area contributed by atoms with Crippen LogP contribution < -0.4 is 0 Å². The van der Waals surface area contributed by atoms with Gasteiger partial charge in [-0.15, -0.1) is 0 Å². The molecule has 0 aromatic heterocycles. The van der Waals surface area contributed by atoms with Crippen molar-refractivity contribution >= 4 is 0 Å². The zero-order valence-corrected chi connectivity index (χ0v) is 13.3. The maximum atomic E-state index is 6.24. The van der Waals surface area contributed by atoms with E-state index in [1.165, 1.54) is 44.9 Å². The summed E-state index contributed by atoms with van der Waals surface area (Å²) in [6.45, 7) is 9.08. The lowest BCUT2D eigenvalue weighted by Crippen LogP contribution is -2.28. The minimum atomic E-state index is 0.0477. The number of hydrogen-bond acceptors (Lipinski definition) is 2. The average molecular weight is 268 g/mol. The quantitative estimate of drug-likeness (QED) is 0.611. The van der Waals surface area contributed by atoms with Crippen LogP contribution in [0.25, 0.3) is 0 Å². The fourth-order valence-electron chi connectivity index (χ4n) is 3.24. The second-order valence-corrected chi connectivity index (χ2v) is 7.12. The maximum Gasteiger partial charge on any atom is 0.158 e. The first-order chi connectivity index (χ1) is 9.05. The van der Waals surface area contributed by atoms with Crippen molar-refractivity contribution in [3.8, 4) is 0 Å². The zero-order valence-electron chi connectivity index (χ0n) is 13.3. The van der Waals surface area contributed by atoms with Crippen LogP contribution in [0.15, 0.2) is 0 Å². The Bertz CT molecular complexity index is 276. The summed E-state index contributed by atoms with van der Waals surface area (Å²) < 4.78 is 12.5. The van der Waals surface area contributed by atoms with Gasteiger partial charge < -0.3 is 9.47 Å². The highest BCUT2D eigenvalue weighted by Crippen LogP contribution is 2.53. The van der Waals surface area contributed by atoms with Crippen molar-refractivity contribution in [3.63, 3.8) is 0 Å². The average Bonchev–Trinajstić information content (AvgIpc) is 2.98. The van der Waals surface area contributed by atoms with Crippen molar-refractivity contribution in [2.45, 2.75) is 97.1 Å². The van der Waals surface area contributed by atoms with Crippen LogP contribution in [-0.2, 0) is 9.47 Å². The van der Waals surface area contributed by atoms with E-state index >= 15 is 0 Å². The van der Waals surface area contributed by atoms with E-state index in [2.05, 4.69) is 27.7 Å². The number of fused-ring (bicyclic) bond motifs is 1. The monoisotopic (exact) mass is 268 g/mol. The fraction of sp³-hybridized carbons (Fsp3) is 1.00. The van der Waals surface area contributed by atoms with E-state index in [4.69, 9.17) is 9.47 Å². The predicted molar refractivity (Wildman–Crippen MR) is 79.1 cm³/mol. The molecule has 2 rings (SSSR count). The first kappa shape index (κ1) is 15.3. The molecule has 1 aliphatic heterocycles. The van der Waals surface area contributed by atoms with Gasteiger partial charge in [0.05, 0.1) is 11.7 Å². The molecule has 1 heterocycles. The molecule has 0 amide bonds. The Morgan fingerprint density at radius 1 is 1.16 bits per heavy atom. The third-order valence-electron chi connectivity index (χ3n) is 4.89. The SMILES string of the molecule is CCCCCCC[C@@H]1O[C@@H](C(C)C)C[C@H]2C[C@@]2(C)O1. The standard InChI is InChI=1S/C17H32O2/c1-5-6-7-8-9-10-16-18-15(13(2)3)11-14-12-17(14,4)19-16/h13-16H,5-12H2,1-4H3/t14-,15+,16+,17+/m0/s1. The normalized spacial score (nSPS) is 38.1. The Labute approximate surface area is 119 Å². The van der Waals surface area contributed by atoms with Crippen molar-refractivity contribution in [1.82, 2.24) is 0 Å². The highest BCUT2D eigenvalue weighted by Gasteiger charge is 2.55. The van der Waals surface area contributed by atoms with Gasteiger partial charge in [-0.1, -0.05) is 46.5 Å². The van der Waals surface area contributed by atoms with E-state index in [-0.39, 0.29) is 11.9 Å². The van der Waals surface area contributed by atoms with E-state index in [1.54, 1.807) is 0 Å². The Hall–Kier alpha value is -0.0800. The molecule has 112 valence electrons. The summed E-state index contributed by atoms with van der Waals surface area (Å²) in [7, 11) is 0. The third kappa shape index (κ3) is 4.19. The van der Waals surface area contributed by atoms with E-state index in [1.807, 2.05) is 0 Å². The lowest BCUT2D eigenvalue weighted by Gasteiger charge is -2.26. The van der Waals surface area contributed by atoms with Gasteiger partial charge >= 0.3 is 0 Å². The van der Waals surface area contributed by atoms with Gasteiger partial charge in [0, 0.05) is 0 Å². The van der Waals surface area contributed by atoms with Crippen LogP contribution in [0.2, 0.25) is 0 Å². The Balaban J connectivity index is 1.77. The van der Waals surface area contributed by atoms with Gasteiger partial charge in [0.15, 0.2) is 6.29 Å². The van der Waals surface area contributed by atoms with Gasteiger partial charge in [-0.25, -0.2) is 0 Å². The second kappa shape index (κ2) is 6.58. The largest absolute Gasteiger partial charge is 0.349 e. The van der Waals surface area contributed by atoms with Crippen molar-refractivity contribution < 1.29 is 9.47 Å². The molecule has 0 unspecified atom stereocenters. The van der Waals surface area contributed by atoms with Crippen LogP contribution in [0.5, 0.6) is 0 Å². The van der Waals surface area contributed by atoms with Gasteiger partial charge in [-0.05, 0) is 44.4 Å². The molecule has 2 heteroatoms. The summed E-state index contributed by atoms with van der Waals surface area (Å²) in [5, 5.41) is 0. The first-order valence-electron chi connectivity index (χ1n) is 8.38. The summed E-state index contributed by atoms with van der Waals surface area (Å²) in [5.74, 6) is 1.35. The highest BCUT2D eigenvalue weighted by molar-refractivity contribution is 5.04. The summed E-state index contributed by atoms with van der Waals surface area (Å²) in [6, 6.07) is 0. The molecule has 0 aromatic carbocycles. The summed E-state index contributed by atoms with van der Waals surface area (Å²) in [6.07, 6.45) is 10.6. The summed E-state index contributed by atoms with van der Waals surface area (Å²) >= 11 is 0. The molecular weight excluding hydrogens is 236 g/mol. The Morgan fingerprint density at radius 2 is 1.89 bits per heavy atom. The topological polar surface area (TPSA) is 18.5 Å². The molecule has 2 nitrogen and oxygen atoms in total. The molecule has 0 spiro atoms. The highest BCUT2D eigenvalue weighted by atomic mass is 16.7. The van der Waals surface area contributed by atoms with E-state index < -0.39 is 0 Å². The second-order valence-electron chi connectivity index (χ2n) is 7.12. The van der Waals surface area contributed by atoms with Crippen molar-refractivity contribution in [1.29, 1.82) is 0 Å². The van der Waals surface area contributed by atoms with Crippen molar-refractivity contribution in [2.75, 3.05) is 0 Å². The van der Waals surface area contributed by atoms with Crippen LogP contribution in [0.4, 0.5) is 0 Å². The molecule has 2 fully saturated rings. The molecule has 0 bridgehead atoms. The van der Waals surface area contributed by atoms with Crippen LogP contribution in [0.1, 0.15) is 79.1 Å². The van der Waals surface area contributed by atoms with Crippen LogP contribution in [-0.4, -0.2) is 18.0 Å². The van der Waals surface area contributed by atoms with Gasteiger partial charge in [-0.2, -0.15) is 0 Å². The molecule has 19 heavy (non-hydrogen) atoms. The van der Waals surface area contributed by atoms with Crippen LogP contribution in [0, 0.1) is 11.8 Å². The van der Waals surface area contributed by atoms with Crippen LogP contribution in [0.3, 0.4) is 0 Å². The fourth-order valence-corrected chi connectivity index (χ4v) is 3.24. The maximum absolute atomic E-state index is 6.24. The van der Waals surface area contributed by atoms with Crippen molar-refractivity contribution in [2.24, 2.45) is 11.8 Å². The summed E-state index contributed by atoms with van der Waals surface area (Å²) in [4.78, 5) is 0. The Kier molecular flexibility index (Phi) is 5.30. The predicted octanol–water partition coefficient (Wildman–Crippen LogP) is 4.91. The zero-order chi connectivity index (χ0) is 13.9. The molecule has 2 aliphatic rings. The van der Waals surface area contributed by atoms with Gasteiger partial charge in [0.1, 0.15) is 0 Å². The molecule has 4 atom stereocenters. The number of rotatable bonds is 7. The first-order valence-corrected chi connectivity index (χ1v) is 8.38. The minimum Gasteiger partial charge on any atom is -0.349 e. The lowest BCUT2D eigenvalue weighted by molar-refractivity contribution is -0.196. The van der Waals surface area contributed by atoms with Crippen molar-refractivity contribution in [3.05, 3.63) is 0 Å². The van der Waals surface area contributed by atoms with Gasteiger partial charge in [0.2, 0.25) is 0 Å². The number of hydrogen-bond donors (Lipinski definition) is 0. The van der Waals surface area contributed by atoms with Gasteiger partial charge in [-0.3, -0.25) is 0 Å². The molecular formula is C17H32O2. The Morgan fingerprint density at radius 3 is 2.58 bits per heavy atom. The third-order valence-corrected chi connectivity index (χ3v) is 4.89. The van der Waals surface area contributed by atoms with Gasteiger partial charge in [0.25, 0.3) is 0 Å². The molecule has 0 N–H and O–H groups in total. The number of unbranched alkanes of at least 4 members (excludes halogenated alkanes) is 4. The van der Waals surface area contributed by atoms with E-state index in [9.17, 15) is 0 Å². The minimum absolute atomic E-state index is 0.0477. The molecule has 0 aromatic rings.